The summed E-state index contributed by atoms with van der Waals surface area (Å²) >= 11 is -4.02. The van der Waals surface area contributed by atoms with Crippen LogP contribution in [0.5, 0.6) is 0 Å². The first-order valence-corrected chi connectivity index (χ1v) is 26.7. The molecule has 0 radical (unpaired) electrons. The molecule has 4 heteroatoms. The van der Waals surface area contributed by atoms with Crippen LogP contribution in [0.3, 0.4) is 0 Å². The molecular formula is C40H46Cl2SiZr. The first-order valence-electron chi connectivity index (χ1n) is 16.3. The van der Waals surface area contributed by atoms with Gasteiger partial charge in [-0.2, -0.15) is 0 Å². The van der Waals surface area contributed by atoms with Crippen LogP contribution in [0.2, 0.25) is 0 Å². The van der Waals surface area contributed by atoms with Crippen molar-refractivity contribution in [3.63, 3.8) is 0 Å². The van der Waals surface area contributed by atoms with E-state index >= 15 is 0 Å². The second kappa shape index (κ2) is 11.8. The second-order valence-corrected chi connectivity index (χ2v) is 30.9. The molecule has 0 bridgehead atoms. The molecule has 1 heterocycles. The molecule has 0 saturated carbocycles. The minimum atomic E-state index is -4.02. The third-order valence-electron chi connectivity index (χ3n) is 9.84. The zero-order chi connectivity index (χ0) is 31.6. The number of allylic oxidation sites excluding steroid dienone is 1. The number of hydrogen-bond acceptors (Lipinski definition) is 0. The summed E-state index contributed by atoms with van der Waals surface area (Å²) < 4.78 is 1.43. The molecule has 1 aliphatic heterocycles. The predicted molar refractivity (Wildman–Crippen MR) is 195 cm³/mol. The first-order chi connectivity index (χ1) is 20.7. The van der Waals surface area contributed by atoms with E-state index in [-0.39, 0.29) is 14.5 Å². The van der Waals surface area contributed by atoms with Gasteiger partial charge in [-0.1, -0.05) is 0 Å². The van der Waals surface area contributed by atoms with Crippen LogP contribution in [0.25, 0.3) is 28.3 Å². The van der Waals surface area contributed by atoms with Crippen LogP contribution in [0.1, 0.15) is 99.2 Å². The predicted octanol–water partition coefficient (Wildman–Crippen LogP) is 9.77. The van der Waals surface area contributed by atoms with Crippen LogP contribution >= 0.6 is 17.0 Å². The van der Waals surface area contributed by atoms with Crippen LogP contribution in [0, 0.1) is 6.92 Å². The summed E-state index contributed by atoms with van der Waals surface area (Å²) in [7, 11) is 15.3. The number of aryl methyl sites for hydroxylation is 1. The van der Waals surface area contributed by atoms with Crippen molar-refractivity contribution >= 4 is 46.3 Å². The fraction of sp³-hybridized carbons (Fsp3) is 0.350. The Morgan fingerprint density at radius 2 is 1.45 bits per heavy atom. The molecule has 2 aliphatic rings. The minimum absolute atomic E-state index is 0.0551. The summed E-state index contributed by atoms with van der Waals surface area (Å²) in [6.07, 6.45) is 5.87. The molecule has 1 aliphatic carbocycles. The van der Waals surface area contributed by atoms with E-state index in [2.05, 4.69) is 134 Å². The fourth-order valence-electron chi connectivity index (χ4n) is 7.29. The Hall–Kier alpha value is -1.70. The summed E-state index contributed by atoms with van der Waals surface area (Å²) in [5.41, 5.74) is 13.8. The molecule has 6 rings (SSSR count). The van der Waals surface area contributed by atoms with E-state index < -0.39 is 27.4 Å². The van der Waals surface area contributed by atoms with E-state index in [1.54, 1.807) is 0 Å². The van der Waals surface area contributed by atoms with Crippen molar-refractivity contribution in [2.45, 2.75) is 89.1 Å². The topological polar surface area (TPSA) is 0 Å². The third kappa shape index (κ3) is 5.72. The molecule has 1 atom stereocenters. The molecule has 0 amide bonds. The number of benzene rings is 4. The first kappa shape index (κ1) is 32.2. The normalized spacial score (nSPS) is 16.6. The van der Waals surface area contributed by atoms with Gasteiger partial charge in [0.05, 0.1) is 0 Å². The average molecular weight is 717 g/mol. The van der Waals surface area contributed by atoms with E-state index in [1.807, 2.05) is 0 Å². The van der Waals surface area contributed by atoms with E-state index in [4.69, 9.17) is 17.0 Å². The van der Waals surface area contributed by atoms with Gasteiger partial charge in [0.2, 0.25) is 0 Å². The molecule has 4 aromatic rings. The standard InChI is InChI=1S/C28H37.C12H9Si.2ClH.Zr/c1-9-10-11-20-14-21-13-12-19(2)26(25(21)15-20)22-16-23(27(3,4)5)18-24(17-22)28(6,7)8;1-3-7-11-9(5-1)10-6-2-4-8-12(10)13-11;;;/h12-18H,9-11H2,1-8H3;1-7H,13H2;2*1H;/q;;;;+2/p-2. The third-order valence-corrected chi connectivity index (χ3v) is 24.2. The number of unbranched alkanes of at least 4 members (excludes halogenated alkanes) is 1. The number of hydrogen-bond donors (Lipinski definition) is 0. The van der Waals surface area contributed by atoms with Crippen LogP contribution in [0.15, 0.2) is 78.4 Å². The van der Waals surface area contributed by atoms with Crippen molar-refractivity contribution in [2.75, 3.05) is 0 Å². The summed E-state index contributed by atoms with van der Waals surface area (Å²) in [4.78, 5) is 0. The molecule has 0 N–H and O–H groups in total. The second-order valence-electron chi connectivity index (χ2n) is 15.1. The molecular weight excluding hydrogens is 671 g/mol. The molecule has 228 valence electrons. The van der Waals surface area contributed by atoms with E-state index in [1.165, 1.54) is 69.3 Å². The summed E-state index contributed by atoms with van der Waals surface area (Å²) in [6, 6.07) is 27.7. The zero-order valence-electron chi connectivity index (χ0n) is 27.7. The zero-order valence-corrected chi connectivity index (χ0v) is 33.1. The van der Waals surface area contributed by atoms with Crippen LogP contribution in [-0.2, 0) is 28.7 Å². The van der Waals surface area contributed by atoms with Crippen LogP contribution < -0.4 is 13.6 Å². The van der Waals surface area contributed by atoms with Crippen molar-refractivity contribution in [1.29, 1.82) is 0 Å². The van der Waals surface area contributed by atoms with Gasteiger partial charge in [0, 0.05) is 0 Å². The Bertz CT molecular complexity index is 1750. The molecule has 44 heavy (non-hydrogen) atoms. The van der Waals surface area contributed by atoms with Gasteiger partial charge in [-0.15, -0.1) is 0 Å². The van der Waals surface area contributed by atoms with Crippen LogP contribution in [0.4, 0.5) is 0 Å². The van der Waals surface area contributed by atoms with Gasteiger partial charge in [-0.3, -0.25) is 0 Å². The van der Waals surface area contributed by atoms with Gasteiger partial charge >= 0.3 is 282 Å². The van der Waals surface area contributed by atoms with Gasteiger partial charge in [0.1, 0.15) is 0 Å². The van der Waals surface area contributed by atoms with Gasteiger partial charge in [0.15, 0.2) is 0 Å². The van der Waals surface area contributed by atoms with Crippen molar-refractivity contribution in [3.05, 3.63) is 106 Å². The summed E-state index contributed by atoms with van der Waals surface area (Å²) in [5.74, 6) is 0. The summed E-state index contributed by atoms with van der Waals surface area (Å²) in [5, 5.41) is 3.02. The monoisotopic (exact) mass is 714 g/mol. The Morgan fingerprint density at radius 3 is 2.11 bits per heavy atom. The quantitative estimate of drug-likeness (QED) is 0.154. The molecule has 1 unspecified atom stereocenters. The van der Waals surface area contributed by atoms with E-state index in [0.29, 0.717) is 0 Å². The molecule has 0 nitrogen and oxygen atoms in total. The van der Waals surface area contributed by atoms with Gasteiger partial charge in [-0.25, -0.2) is 0 Å². The fourth-order valence-corrected chi connectivity index (χ4v) is 24.2. The van der Waals surface area contributed by atoms with Crippen LogP contribution in [-0.4, -0.2) is 9.52 Å². The van der Waals surface area contributed by atoms with Gasteiger partial charge in [-0.05, 0) is 0 Å². The van der Waals surface area contributed by atoms with E-state index in [9.17, 15) is 0 Å². The number of rotatable bonds is 6. The summed E-state index contributed by atoms with van der Waals surface area (Å²) in [6.45, 7) is 18.5. The Balaban J connectivity index is 1.55. The van der Waals surface area contributed by atoms with Gasteiger partial charge < -0.3 is 0 Å². The average Bonchev–Trinajstić information content (AvgIpc) is 3.53. The molecule has 0 saturated heterocycles. The van der Waals surface area contributed by atoms with Crippen molar-refractivity contribution < 1.29 is 17.9 Å². The molecule has 0 fully saturated rings. The number of fused-ring (bicyclic) bond motifs is 4. The number of halogens is 2. The molecule has 0 aromatic heterocycles. The molecule has 4 aromatic carbocycles. The Morgan fingerprint density at radius 1 is 0.795 bits per heavy atom. The van der Waals surface area contributed by atoms with Crippen molar-refractivity contribution in [2.24, 2.45) is 0 Å². The van der Waals surface area contributed by atoms with Crippen molar-refractivity contribution in [3.8, 4) is 22.3 Å². The molecule has 0 spiro atoms. The SMILES string of the molecule is CCCCC1=Cc2c(ccc(C)c2-c2cc(C(C)(C)C)cc(C(C)(C)C)c2)[CH]1[Zr]([Cl])([Cl])[c]1cccc2c1[SiH2]c1ccccc1-2. The van der Waals surface area contributed by atoms with E-state index in [0.717, 1.165) is 19.3 Å². The van der Waals surface area contributed by atoms with Gasteiger partial charge in [0.25, 0.3) is 0 Å². The Kier molecular flexibility index (Phi) is 8.67. The Labute approximate surface area is 279 Å². The maximum absolute atomic E-state index is 7.96. The maximum atomic E-state index is 7.96. The van der Waals surface area contributed by atoms with Crippen molar-refractivity contribution in [1.82, 2.24) is 0 Å².